The Labute approximate surface area is 131 Å². The maximum Gasteiger partial charge on any atom is 0.269 e. The number of aromatic nitrogens is 5. The summed E-state index contributed by atoms with van der Waals surface area (Å²) in [5.41, 5.74) is 1.73. The minimum absolute atomic E-state index is 0.209. The molecule has 0 fully saturated rings. The van der Waals surface area contributed by atoms with Gasteiger partial charge in [0.1, 0.15) is 6.33 Å². The van der Waals surface area contributed by atoms with Crippen molar-refractivity contribution in [2.45, 2.75) is 4.90 Å². The molecule has 114 valence electrons. The molecule has 0 spiro atoms. The highest BCUT2D eigenvalue weighted by Gasteiger charge is 2.21. The lowest BCUT2D eigenvalue weighted by Crippen LogP contribution is -2.12. The molecule has 4 rings (SSSR count). The van der Waals surface area contributed by atoms with Gasteiger partial charge in [-0.3, -0.25) is 5.10 Å². The second-order valence-electron chi connectivity index (χ2n) is 4.88. The monoisotopic (exact) mass is 325 g/mol. The minimum Gasteiger partial charge on any atom is -0.285 e. The first-order chi connectivity index (χ1) is 11.2. The maximum absolute atomic E-state index is 12.8. The lowest BCUT2D eigenvalue weighted by atomic mass is 10.2. The zero-order valence-electron chi connectivity index (χ0n) is 11.8. The number of hydrogen-bond acceptors (Lipinski definition) is 5. The van der Waals surface area contributed by atoms with Gasteiger partial charge in [-0.2, -0.15) is 5.10 Å². The standard InChI is InChI=1S/C15H11N5O2S/c21-23(22,12-4-2-1-3-5-12)20-7-6-13-14(11-8-18-19-9-11)16-10-17-15(13)20/h1-10H,(H,18,19). The van der Waals surface area contributed by atoms with E-state index in [0.29, 0.717) is 16.7 Å². The predicted molar refractivity (Wildman–Crippen MR) is 84.1 cm³/mol. The molecule has 0 saturated heterocycles. The Bertz CT molecular complexity index is 1070. The van der Waals surface area contributed by atoms with Gasteiger partial charge in [-0.15, -0.1) is 0 Å². The van der Waals surface area contributed by atoms with E-state index in [1.54, 1.807) is 48.8 Å². The topological polar surface area (TPSA) is 93.5 Å². The Balaban J connectivity index is 1.96. The number of nitrogens with one attached hydrogen (secondary N) is 1. The van der Waals surface area contributed by atoms with E-state index >= 15 is 0 Å². The van der Waals surface area contributed by atoms with Crippen LogP contribution in [0.3, 0.4) is 0 Å². The predicted octanol–water partition coefficient (Wildman–Crippen LogP) is 2.06. The van der Waals surface area contributed by atoms with Crippen LogP contribution in [0.5, 0.6) is 0 Å². The molecule has 7 nitrogen and oxygen atoms in total. The SMILES string of the molecule is O=S(=O)(c1ccccc1)n1ccc2c(-c3cn[nH]c3)ncnc21. The van der Waals surface area contributed by atoms with Gasteiger partial charge in [-0.05, 0) is 18.2 Å². The number of aromatic amines is 1. The van der Waals surface area contributed by atoms with Crippen molar-refractivity contribution < 1.29 is 8.42 Å². The Hall–Kier alpha value is -3.00. The van der Waals surface area contributed by atoms with Gasteiger partial charge in [0.05, 0.1) is 16.8 Å². The molecular formula is C15H11N5O2S. The number of nitrogens with zero attached hydrogens (tertiary/aromatic N) is 4. The fourth-order valence-corrected chi connectivity index (χ4v) is 3.76. The van der Waals surface area contributed by atoms with E-state index in [2.05, 4.69) is 20.2 Å². The molecule has 8 heteroatoms. The van der Waals surface area contributed by atoms with Crippen LogP contribution >= 0.6 is 0 Å². The zero-order valence-corrected chi connectivity index (χ0v) is 12.6. The Morgan fingerprint density at radius 3 is 2.61 bits per heavy atom. The van der Waals surface area contributed by atoms with E-state index in [1.807, 2.05) is 0 Å². The van der Waals surface area contributed by atoms with Crippen LogP contribution in [0.1, 0.15) is 0 Å². The largest absolute Gasteiger partial charge is 0.285 e. The molecule has 4 aromatic rings. The first kappa shape index (κ1) is 13.6. The molecule has 0 amide bonds. The second kappa shape index (κ2) is 5.03. The van der Waals surface area contributed by atoms with Crippen LogP contribution in [0.4, 0.5) is 0 Å². The van der Waals surface area contributed by atoms with Crippen molar-refractivity contribution in [1.29, 1.82) is 0 Å². The Morgan fingerprint density at radius 1 is 1.04 bits per heavy atom. The van der Waals surface area contributed by atoms with Crippen molar-refractivity contribution in [2.24, 2.45) is 0 Å². The number of H-pyrrole nitrogens is 1. The highest BCUT2D eigenvalue weighted by molar-refractivity contribution is 7.90. The van der Waals surface area contributed by atoms with Gasteiger partial charge < -0.3 is 0 Å². The summed E-state index contributed by atoms with van der Waals surface area (Å²) in [6, 6.07) is 9.94. The molecule has 0 aliphatic heterocycles. The number of fused-ring (bicyclic) bond motifs is 1. The van der Waals surface area contributed by atoms with E-state index in [1.165, 1.54) is 16.5 Å². The average Bonchev–Trinajstić information content (AvgIpc) is 3.25. The summed E-state index contributed by atoms with van der Waals surface area (Å²) < 4.78 is 26.8. The fourth-order valence-electron chi connectivity index (χ4n) is 2.44. The van der Waals surface area contributed by atoms with Crippen LogP contribution in [-0.4, -0.2) is 32.6 Å². The minimum atomic E-state index is -3.70. The molecule has 3 heterocycles. The molecule has 1 aromatic carbocycles. The molecule has 0 bridgehead atoms. The number of hydrogen-bond donors (Lipinski definition) is 1. The summed E-state index contributed by atoms with van der Waals surface area (Å²) >= 11 is 0. The number of benzene rings is 1. The van der Waals surface area contributed by atoms with Crippen molar-refractivity contribution in [2.75, 3.05) is 0 Å². The van der Waals surface area contributed by atoms with Crippen LogP contribution in [0.2, 0.25) is 0 Å². The third kappa shape index (κ3) is 2.11. The van der Waals surface area contributed by atoms with Gasteiger partial charge in [0.15, 0.2) is 5.65 Å². The third-order valence-corrected chi connectivity index (χ3v) is 5.20. The maximum atomic E-state index is 12.8. The van der Waals surface area contributed by atoms with Crippen LogP contribution in [0.15, 0.2) is 66.2 Å². The quantitative estimate of drug-likeness (QED) is 0.622. The van der Waals surface area contributed by atoms with Crippen molar-refractivity contribution in [3.8, 4) is 11.3 Å². The highest BCUT2D eigenvalue weighted by atomic mass is 32.2. The molecule has 0 aliphatic carbocycles. The third-order valence-electron chi connectivity index (χ3n) is 3.52. The van der Waals surface area contributed by atoms with Gasteiger partial charge in [-0.1, -0.05) is 18.2 Å². The first-order valence-electron chi connectivity index (χ1n) is 6.80. The summed E-state index contributed by atoms with van der Waals surface area (Å²) in [6.45, 7) is 0. The molecule has 0 aliphatic rings. The van der Waals surface area contributed by atoms with Crippen molar-refractivity contribution in [3.63, 3.8) is 0 Å². The zero-order chi connectivity index (χ0) is 15.9. The molecule has 0 atom stereocenters. The average molecular weight is 325 g/mol. The summed E-state index contributed by atoms with van der Waals surface area (Å²) in [5.74, 6) is 0. The fraction of sp³-hybridized carbons (Fsp3) is 0. The molecule has 23 heavy (non-hydrogen) atoms. The normalized spacial score (nSPS) is 11.8. The van der Waals surface area contributed by atoms with Crippen molar-refractivity contribution >= 4 is 21.1 Å². The second-order valence-corrected chi connectivity index (χ2v) is 6.69. The lowest BCUT2D eigenvalue weighted by Gasteiger charge is -2.07. The number of rotatable bonds is 3. The van der Waals surface area contributed by atoms with Crippen molar-refractivity contribution in [3.05, 3.63) is 61.3 Å². The smallest absolute Gasteiger partial charge is 0.269 e. The van der Waals surface area contributed by atoms with Crippen LogP contribution < -0.4 is 0 Å². The Morgan fingerprint density at radius 2 is 1.87 bits per heavy atom. The van der Waals surface area contributed by atoms with Gasteiger partial charge in [0.25, 0.3) is 10.0 Å². The molecule has 0 radical (unpaired) electrons. The first-order valence-corrected chi connectivity index (χ1v) is 8.24. The van der Waals surface area contributed by atoms with Crippen LogP contribution in [0.25, 0.3) is 22.3 Å². The highest BCUT2D eigenvalue weighted by Crippen LogP contribution is 2.27. The van der Waals surface area contributed by atoms with E-state index in [4.69, 9.17) is 0 Å². The summed E-state index contributed by atoms with van der Waals surface area (Å²) in [5, 5.41) is 7.27. The van der Waals surface area contributed by atoms with E-state index < -0.39 is 10.0 Å². The molecule has 3 aromatic heterocycles. The van der Waals surface area contributed by atoms with Gasteiger partial charge in [0.2, 0.25) is 0 Å². The summed E-state index contributed by atoms with van der Waals surface area (Å²) in [7, 11) is -3.70. The van der Waals surface area contributed by atoms with E-state index in [-0.39, 0.29) is 4.90 Å². The lowest BCUT2D eigenvalue weighted by molar-refractivity contribution is 0.589. The van der Waals surface area contributed by atoms with Crippen molar-refractivity contribution in [1.82, 2.24) is 24.1 Å². The molecular weight excluding hydrogens is 314 g/mol. The van der Waals surface area contributed by atoms with Crippen LogP contribution in [0, 0.1) is 0 Å². The summed E-state index contributed by atoms with van der Waals surface area (Å²) in [6.07, 6.45) is 6.17. The molecule has 1 N–H and O–H groups in total. The molecule has 0 unspecified atom stereocenters. The van der Waals surface area contributed by atoms with Gasteiger partial charge in [-0.25, -0.2) is 22.4 Å². The van der Waals surface area contributed by atoms with Crippen LogP contribution in [-0.2, 0) is 10.0 Å². The van der Waals surface area contributed by atoms with Gasteiger partial charge in [0, 0.05) is 23.3 Å². The molecule has 0 saturated carbocycles. The summed E-state index contributed by atoms with van der Waals surface area (Å²) in [4.78, 5) is 8.59. The van der Waals surface area contributed by atoms with E-state index in [9.17, 15) is 8.42 Å². The van der Waals surface area contributed by atoms with E-state index in [0.717, 1.165) is 5.56 Å². The van der Waals surface area contributed by atoms with Gasteiger partial charge >= 0.3 is 0 Å². The Kier molecular flexibility index (Phi) is 2.98.